The zero-order valence-corrected chi connectivity index (χ0v) is 21.5. The zero-order chi connectivity index (χ0) is 24.2. The molecule has 1 aliphatic heterocycles. The number of amides is 1. The van der Waals surface area contributed by atoms with Gasteiger partial charge in [0.25, 0.3) is 5.91 Å². The van der Waals surface area contributed by atoms with Gasteiger partial charge in [-0.2, -0.15) is 5.10 Å². The molecule has 0 bridgehead atoms. The smallest absolute Gasteiger partial charge is 0.266 e. The Kier molecular flexibility index (Phi) is 7.54. The lowest BCUT2D eigenvalue weighted by Gasteiger charge is -2.18. The van der Waals surface area contributed by atoms with E-state index in [1.54, 1.807) is 4.90 Å². The van der Waals surface area contributed by atoms with Crippen LogP contribution in [-0.2, 0) is 4.79 Å². The number of hydrogen-bond acceptors (Lipinski definition) is 5. The molecule has 0 atom stereocenters. The summed E-state index contributed by atoms with van der Waals surface area (Å²) >= 11 is 6.79. The van der Waals surface area contributed by atoms with Crippen molar-refractivity contribution in [3.63, 3.8) is 0 Å². The van der Waals surface area contributed by atoms with E-state index in [1.807, 2.05) is 85.4 Å². The maximum atomic E-state index is 13.0. The summed E-state index contributed by atoms with van der Waals surface area (Å²) < 4.78 is 8.31. The van der Waals surface area contributed by atoms with E-state index in [0.29, 0.717) is 21.8 Å². The van der Waals surface area contributed by atoms with Crippen molar-refractivity contribution in [3.05, 3.63) is 71.3 Å². The summed E-state index contributed by atoms with van der Waals surface area (Å²) in [5.74, 6) is 1.39. The Hall–Kier alpha value is -2.90. The topological polar surface area (TPSA) is 47.4 Å². The minimum Gasteiger partial charge on any atom is -0.494 e. The molecule has 0 aliphatic carbocycles. The lowest BCUT2D eigenvalue weighted by atomic mass is 10.1. The molecule has 7 heteroatoms. The van der Waals surface area contributed by atoms with E-state index in [0.717, 1.165) is 34.7 Å². The van der Waals surface area contributed by atoms with Gasteiger partial charge in [0.05, 0.1) is 22.9 Å². The van der Waals surface area contributed by atoms with Crippen molar-refractivity contribution >= 4 is 40.3 Å². The molecule has 2 aromatic carbocycles. The van der Waals surface area contributed by atoms with E-state index in [1.165, 1.54) is 11.8 Å². The Balaban J connectivity index is 1.69. The quantitative estimate of drug-likeness (QED) is 0.263. The summed E-state index contributed by atoms with van der Waals surface area (Å²) in [4.78, 5) is 15.3. The van der Waals surface area contributed by atoms with E-state index in [2.05, 4.69) is 13.8 Å². The van der Waals surface area contributed by atoms with Crippen LogP contribution >= 0.6 is 24.0 Å². The van der Waals surface area contributed by atoms with Crippen molar-refractivity contribution in [1.82, 2.24) is 14.7 Å². The minimum absolute atomic E-state index is 0.0214. The molecule has 34 heavy (non-hydrogen) atoms. The van der Waals surface area contributed by atoms with E-state index >= 15 is 0 Å². The molecule has 0 spiro atoms. The van der Waals surface area contributed by atoms with Gasteiger partial charge >= 0.3 is 0 Å². The highest BCUT2D eigenvalue weighted by molar-refractivity contribution is 8.26. The van der Waals surface area contributed by atoms with Crippen LogP contribution in [0, 0.1) is 5.92 Å². The summed E-state index contributed by atoms with van der Waals surface area (Å²) in [6.07, 6.45) is 4.87. The molecule has 1 aromatic heterocycles. The number of benzene rings is 2. The Labute approximate surface area is 210 Å². The molecule has 1 fully saturated rings. The number of thiocarbonyl (C=S) groups is 1. The predicted molar refractivity (Wildman–Crippen MR) is 144 cm³/mol. The van der Waals surface area contributed by atoms with E-state index in [4.69, 9.17) is 22.1 Å². The van der Waals surface area contributed by atoms with Gasteiger partial charge in [-0.1, -0.05) is 56.0 Å². The van der Waals surface area contributed by atoms with Crippen LogP contribution in [0.15, 0.2) is 65.7 Å². The normalized spacial score (nSPS) is 15.2. The summed E-state index contributed by atoms with van der Waals surface area (Å²) in [6.45, 7) is 9.01. The van der Waals surface area contributed by atoms with Crippen LogP contribution in [0.1, 0.15) is 39.7 Å². The van der Waals surface area contributed by atoms with Gasteiger partial charge < -0.3 is 4.74 Å². The van der Waals surface area contributed by atoms with Gasteiger partial charge in [-0.05, 0) is 68.7 Å². The molecule has 2 heterocycles. The lowest BCUT2D eigenvalue weighted by molar-refractivity contribution is -0.123. The van der Waals surface area contributed by atoms with Crippen molar-refractivity contribution in [2.24, 2.45) is 5.92 Å². The fourth-order valence-electron chi connectivity index (χ4n) is 3.62. The first kappa shape index (κ1) is 24.2. The minimum atomic E-state index is -0.0580. The van der Waals surface area contributed by atoms with E-state index < -0.39 is 0 Å². The van der Waals surface area contributed by atoms with Crippen molar-refractivity contribution < 1.29 is 9.53 Å². The van der Waals surface area contributed by atoms with E-state index in [-0.39, 0.29) is 11.9 Å². The van der Waals surface area contributed by atoms with Crippen LogP contribution in [0.25, 0.3) is 23.0 Å². The number of ether oxygens (including phenoxy) is 1. The highest BCUT2D eigenvalue weighted by atomic mass is 32.2. The standard InChI is InChI=1S/C27H29N3O2S2/c1-18(2)14-15-32-23-12-10-20(11-13-23)25-21(17-29(28-25)22-8-6-5-7-9-22)16-24-26(31)30(19(3)4)27(33)34-24/h5-13,16-19H,14-15H2,1-4H3. The first-order valence-electron chi connectivity index (χ1n) is 11.5. The Bertz CT molecular complexity index is 1200. The molecule has 5 nitrogen and oxygen atoms in total. The summed E-state index contributed by atoms with van der Waals surface area (Å²) in [5, 5.41) is 4.87. The molecule has 3 aromatic rings. The third kappa shape index (κ3) is 5.42. The number of rotatable bonds is 8. The van der Waals surface area contributed by atoms with Crippen molar-refractivity contribution in [2.75, 3.05) is 6.61 Å². The summed E-state index contributed by atoms with van der Waals surface area (Å²) in [5.41, 5.74) is 3.57. The maximum absolute atomic E-state index is 13.0. The fraction of sp³-hybridized carbons (Fsp3) is 0.296. The molecule has 4 rings (SSSR count). The number of aromatic nitrogens is 2. The van der Waals surface area contributed by atoms with Crippen LogP contribution in [0.5, 0.6) is 5.75 Å². The second kappa shape index (κ2) is 10.6. The lowest BCUT2D eigenvalue weighted by Crippen LogP contribution is -2.34. The Morgan fingerprint density at radius 3 is 2.38 bits per heavy atom. The number of hydrogen-bond donors (Lipinski definition) is 0. The number of para-hydroxylation sites is 1. The Morgan fingerprint density at radius 2 is 1.76 bits per heavy atom. The molecule has 0 radical (unpaired) electrons. The van der Waals surface area contributed by atoms with Crippen molar-refractivity contribution in [2.45, 2.75) is 40.2 Å². The molecule has 1 saturated heterocycles. The van der Waals surface area contributed by atoms with Crippen molar-refractivity contribution in [1.29, 1.82) is 0 Å². The molecule has 0 saturated carbocycles. The SMILES string of the molecule is CC(C)CCOc1ccc(-c2nn(-c3ccccc3)cc2C=C2SC(=S)N(C(C)C)C2=O)cc1. The third-order valence-electron chi connectivity index (χ3n) is 5.48. The largest absolute Gasteiger partial charge is 0.494 e. The molecule has 1 amide bonds. The number of carbonyl (C=O) groups excluding carboxylic acids is 1. The third-order valence-corrected chi connectivity index (χ3v) is 6.81. The Morgan fingerprint density at radius 1 is 1.06 bits per heavy atom. The molecule has 176 valence electrons. The second-order valence-electron chi connectivity index (χ2n) is 8.91. The van der Waals surface area contributed by atoms with E-state index in [9.17, 15) is 4.79 Å². The summed E-state index contributed by atoms with van der Waals surface area (Å²) in [6, 6.07) is 17.9. The number of thioether (sulfide) groups is 1. The van der Waals surface area contributed by atoms with Crippen molar-refractivity contribution in [3.8, 4) is 22.7 Å². The monoisotopic (exact) mass is 491 g/mol. The van der Waals surface area contributed by atoms with Gasteiger partial charge in [0.2, 0.25) is 0 Å². The number of nitrogens with zero attached hydrogens (tertiary/aromatic N) is 3. The van der Waals surface area contributed by atoms with Gasteiger partial charge in [0.1, 0.15) is 10.1 Å². The van der Waals surface area contributed by atoms with Crippen LogP contribution in [0.3, 0.4) is 0 Å². The zero-order valence-electron chi connectivity index (χ0n) is 19.9. The van der Waals surface area contributed by atoms with Crippen LogP contribution in [0.4, 0.5) is 0 Å². The molecular formula is C27H29N3O2S2. The maximum Gasteiger partial charge on any atom is 0.266 e. The second-order valence-corrected chi connectivity index (χ2v) is 10.6. The highest BCUT2D eigenvalue weighted by Gasteiger charge is 2.34. The van der Waals surface area contributed by atoms with Gasteiger partial charge in [0, 0.05) is 23.4 Å². The van der Waals surface area contributed by atoms with Gasteiger partial charge in [-0.25, -0.2) is 4.68 Å². The average molecular weight is 492 g/mol. The molecule has 1 aliphatic rings. The first-order valence-corrected chi connectivity index (χ1v) is 12.7. The highest BCUT2D eigenvalue weighted by Crippen LogP contribution is 2.36. The molecule has 0 N–H and O–H groups in total. The van der Waals surface area contributed by atoms with Gasteiger partial charge in [-0.3, -0.25) is 9.69 Å². The van der Waals surface area contributed by atoms with Crippen LogP contribution in [0.2, 0.25) is 0 Å². The van der Waals surface area contributed by atoms with Crippen LogP contribution < -0.4 is 4.74 Å². The van der Waals surface area contributed by atoms with Crippen LogP contribution in [-0.4, -0.2) is 37.6 Å². The molecule has 0 unspecified atom stereocenters. The first-order chi connectivity index (χ1) is 16.3. The predicted octanol–water partition coefficient (Wildman–Crippen LogP) is 6.57. The number of carbonyl (C=O) groups is 1. The molecular weight excluding hydrogens is 462 g/mol. The van der Waals surface area contributed by atoms with Gasteiger partial charge in [0.15, 0.2) is 0 Å². The fourth-order valence-corrected chi connectivity index (χ4v) is 5.13. The average Bonchev–Trinajstić information content (AvgIpc) is 3.35. The van der Waals surface area contributed by atoms with Gasteiger partial charge in [-0.15, -0.1) is 0 Å². The summed E-state index contributed by atoms with van der Waals surface area (Å²) in [7, 11) is 0.